The highest BCUT2D eigenvalue weighted by atomic mass is 16.5. The summed E-state index contributed by atoms with van der Waals surface area (Å²) in [4.78, 5) is 15.2. The van der Waals surface area contributed by atoms with Gasteiger partial charge in [0.1, 0.15) is 0 Å². The van der Waals surface area contributed by atoms with Crippen molar-refractivity contribution < 1.29 is 9.53 Å². The van der Waals surface area contributed by atoms with Gasteiger partial charge in [0.25, 0.3) is 0 Å². The fourth-order valence-corrected chi connectivity index (χ4v) is 3.93. The Bertz CT molecular complexity index is 543. The van der Waals surface area contributed by atoms with E-state index in [-0.39, 0.29) is 5.91 Å². The van der Waals surface area contributed by atoms with Crippen LogP contribution in [0.2, 0.25) is 0 Å². The molecule has 0 bridgehead atoms. The number of benzene rings is 1. The number of amides is 1. The Balaban J connectivity index is 1.40. The summed E-state index contributed by atoms with van der Waals surface area (Å²) in [7, 11) is 0. The second kappa shape index (κ2) is 8.79. The molecule has 25 heavy (non-hydrogen) atoms. The fraction of sp³-hybridized carbons (Fsp3) is 0.650. The van der Waals surface area contributed by atoms with Crippen LogP contribution in [0.1, 0.15) is 24.8 Å². The van der Waals surface area contributed by atoms with E-state index in [4.69, 9.17) is 10.5 Å². The normalized spacial score (nSPS) is 23.5. The van der Waals surface area contributed by atoms with Crippen LogP contribution in [0.3, 0.4) is 0 Å². The quantitative estimate of drug-likeness (QED) is 0.784. The number of ether oxygens (including phenoxy) is 1. The first-order valence-electron chi connectivity index (χ1n) is 9.54. The monoisotopic (exact) mass is 345 g/mol. The van der Waals surface area contributed by atoms with Crippen molar-refractivity contribution in [3.8, 4) is 0 Å². The Hall–Kier alpha value is -1.43. The van der Waals surface area contributed by atoms with Gasteiger partial charge in [0, 0.05) is 39.4 Å². The number of nitrogens with zero attached hydrogens (tertiary/aromatic N) is 1. The standard InChI is InChI=1S/C20H31N3O2/c21-16-20(8-12-25-13-9-20)19(24)22-14-18-7-11-23(15-18)10-6-17-4-2-1-3-5-17/h1-5,18H,6-16,21H2,(H,22,24). The van der Waals surface area contributed by atoms with E-state index >= 15 is 0 Å². The summed E-state index contributed by atoms with van der Waals surface area (Å²) in [5.74, 6) is 0.676. The molecule has 2 fully saturated rings. The molecule has 138 valence electrons. The average molecular weight is 345 g/mol. The summed E-state index contributed by atoms with van der Waals surface area (Å²) < 4.78 is 5.39. The number of carbonyl (C=O) groups excluding carboxylic acids is 1. The first-order chi connectivity index (χ1) is 12.2. The van der Waals surface area contributed by atoms with E-state index in [0.717, 1.165) is 51.9 Å². The lowest BCUT2D eigenvalue weighted by Crippen LogP contribution is -2.50. The second-order valence-corrected chi connectivity index (χ2v) is 7.50. The van der Waals surface area contributed by atoms with Gasteiger partial charge in [0.2, 0.25) is 5.91 Å². The molecule has 3 N–H and O–H groups in total. The molecule has 0 aliphatic carbocycles. The van der Waals surface area contributed by atoms with E-state index in [1.165, 1.54) is 5.56 Å². The summed E-state index contributed by atoms with van der Waals surface area (Å²) in [5, 5.41) is 3.18. The molecule has 1 atom stereocenters. The van der Waals surface area contributed by atoms with Gasteiger partial charge in [-0.05, 0) is 43.7 Å². The van der Waals surface area contributed by atoms with Gasteiger partial charge in [-0.15, -0.1) is 0 Å². The van der Waals surface area contributed by atoms with E-state index in [0.29, 0.717) is 25.7 Å². The highest BCUT2D eigenvalue weighted by Gasteiger charge is 2.39. The van der Waals surface area contributed by atoms with Gasteiger partial charge in [-0.2, -0.15) is 0 Å². The molecule has 1 unspecified atom stereocenters. The summed E-state index contributed by atoms with van der Waals surface area (Å²) in [6.07, 6.45) is 3.73. The maximum absolute atomic E-state index is 12.6. The van der Waals surface area contributed by atoms with Gasteiger partial charge in [-0.1, -0.05) is 30.3 Å². The maximum atomic E-state index is 12.6. The minimum atomic E-state index is -0.413. The lowest BCUT2D eigenvalue weighted by Gasteiger charge is -2.34. The van der Waals surface area contributed by atoms with Crippen molar-refractivity contribution in [1.29, 1.82) is 0 Å². The van der Waals surface area contributed by atoms with Crippen molar-refractivity contribution in [3.05, 3.63) is 35.9 Å². The van der Waals surface area contributed by atoms with Gasteiger partial charge in [-0.25, -0.2) is 0 Å². The fourth-order valence-electron chi connectivity index (χ4n) is 3.93. The molecule has 2 saturated heterocycles. The Morgan fingerprint density at radius 2 is 2.04 bits per heavy atom. The van der Waals surface area contributed by atoms with Crippen LogP contribution >= 0.6 is 0 Å². The zero-order valence-electron chi connectivity index (χ0n) is 15.1. The Labute approximate surface area is 150 Å². The van der Waals surface area contributed by atoms with Gasteiger partial charge in [0.05, 0.1) is 5.41 Å². The largest absolute Gasteiger partial charge is 0.381 e. The summed E-state index contributed by atoms with van der Waals surface area (Å²) in [5.41, 5.74) is 6.89. The van der Waals surface area contributed by atoms with Gasteiger partial charge in [0.15, 0.2) is 0 Å². The van der Waals surface area contributed by atoms with Gasteiger partial charge in [-0.3, -0.25) is 4.79 Å². The number of nitrogens with one attached hydrogen (secondary N) is 1. The molecule has 5 nitrogen and oxygen atoms in total. The minimum absolute atomic E-state index is 0.126. The molecule has 2 heterocycles. The van der Waals surface area contributed by atoms with Crippen molar-refractivity contribution in [3.63, 3.8) is 0 Å². The molecule has 0 radical (unpaired) electrons. The number of nitrogens with two attached hydrogens (primary N) is 1. The van der Waals surface area contributed by atoms with Crippen molar-refractivity contribution in [2.24, 2.45) is 17.1 Å². The Morgan fingerprint density at radius 1 is 1.28 bits per heavy atom. The number of carbonyl (C=O) groups is 1. The zero-order chi connectivity index (χ0) is 17.5. The number of rotatable bonds is 7. The van der Waals surface area contributed by atoms with Crippen LogP contribution in [-0.2, 0) is 16.0 Å². The van der Waals surface area contributed by atoms with Crippen molar-refractivity contribution >= 4 is 5.91 Å². The maximum Gasteiger partial charge on any atom is 0.227 e. The van der Waals surface area contributed by atoms with Gasteiger partial charge >= 0.3 is 0 Å². The lowest BCUT2D eigenvalue weighted by atomic mass is 9.79. The van der Waals surface area contributed by atoms with Crippen LogP contribution in [0.4, 0.5) is 0 Å². The first kappa shape index (κ1) is 18.4. The first-order valence-corrected chi connectivity index (χ1v) is 9.54. The molecule has 0 aromatic heterocycles. The zero-order valence-corrected chi connectivity index (χ0v) is 15.1. The minimum Gasteiger partial charge on any atom is -0.381 e. The third-order valence-corrected chi connectivity index (χ3v) is 5.80. The molecule has 1 aromatic rings. The van der Waals surface area contributed by atoms with Crippen molar-refractivity contribution in [2.75, 3.05) is 45.9 Å². The summed E-state index contributed by atoms with van der Waals surface area (Å²) >= 11 is 0. The number of hydrogen-bond acceptors (Lipinski definition) is 4. The summed E-state index contributed by atoms with van der Waals surface area (Å²) in [6, 6.07) is 10.6. The third kappa shape index (κ3) is 4.81. The topological polar surface area (TPSA) is 67.6 Å². The lowest BCUT2D eigenvalue weighted by molar-refractivity contribution is -0.136. The SMILES string of the molecule is NCC1(C(=O)NCC2CCN(CCc3ccccc3)C2)CCOCC1. The highest BCUT2D eigenvalue weighted by molar-refractivity contribution is 5.83. The molecule has 5 heteroatoms. The van der Waals surface area contributed by atoms with E-state index < -0.39 is 5.41 Å². The molecular weight excluding hydrogens is 314 g/mol. The molecule has 2 aliphatic rings. The van der Waals surface area contributed by atoms with Crippen LogP contribution < -0.4 is 11.1 Å². The van der Waals surface area contributed by atoms with Gasteiger partial charge < -0.3 is 20.7 Å². The molecule has 3 rings (SSSR count). The average Bonchev–Trinajstić information content (AvgIpc) is 3.13. The third-order valence-electron chi connectivity index (χ3n) is 5.80. The van der Waals surface area contributed by atoms with Crippen molar-refractivity contribution in [2.45, 2.75) is 25.7 Å². The predicted octanol–water partition coefficient (Wildman–Crippen LogP) is 1.42. The smallest absolute Gasteiger partial charge is 0.227 e. The molecule has 2 aliphatic heterocycles. The highest BCUT2D eigenvalue weighted by Crippen LogP contribution is 2.29. The summed E-state index contributed by atoms with van der Waals surface area (Å²) in [6.45, 7) is 5.76. The van der Waals surface area contributed by atoms with E-state index in [1.54, 1.807) is 0 Å². The molecule has 0 saturated carbocycles. The van der Waals surface area contributed by atoms with Crippen LogP contribution in [0.25, 0.3) is 0 Å². The Kier molecular flexibility index (Phi) is 6.45. The Morgan fingerprint density at radius 3 is 2.76 bits per heavy atom. The predicted molar refractivity (Wildman–Crippen MR) is 99.2 cm³/mol. The van der Waals surface area contributed by atoms with E-state index in [9.17, 15) is 4.79 Å². The number of hydrogen-bond donors (Lipinski definition) is 2. The van der Waals surface area contributed by atoms with E-state index in [2.05, 4.69) is 40.5 Å². The molecule has 0 spiro atoms. The van der Waals surface area contributed by atoms with Crippen LogP contribution in [0.5, 0.6) is 0 Å². The van der Waals surface area contributed by atoms with Crippen LogP contribution in [-0.4, -0.2) is 56.7 Å². The van der Waals surface area contributed by atoms with Crippen LogP contribution in [0.15, 0.2) is 30.3 Å². The van der Waals surface area contributed by atoms with E-state index in [1.807, 2.05) is 0 Å². The molecule has 1 amide bonds. The van der Waals surface area contributed by atoms with Crippen LogP contribution in [0, 0.1) is 11.3 Å². The number of likely N-dealkylation sites (tertiary alicyclic amines) is 1. The van der Waals surface area contributed by atoms with Crippen molar-refractivity contribution in [1.82, 2.24) is 10.2 Å². The molecular formula is C20H31N3O2. The molecule has 1 aromatic carbocycles. The second-order valence-electron chi connectivity index (χ2n) is 7.50.